The van der Waals surface area contributed by atoms with Crippen LogP contribution in [0, 0.1) is 0 Å². The van der Waals surface area contributed by atoms with Gasteiger partial charge in [-0.1, -0.05) is 6.58 Å². The van der Waals surface area contributed by atoms with E-state index in [0.717, 1.165) is 0 Å². The summed E-state index contributed by atoms with van der Waals surface area (Å²) in [6.45, 7) is 6.50. The van der Waals surface area contributed by atoms with E-state index in [1.165, 1.54) is 13.4 Å². The van der Waals surface area contributed by atoms with Crippen LogP contribution in [-0.4, -0.2) is 48.4 Å². The highest BCUT2D eigenvalue weighted by Gasteiger charge is 2.08. The van der Waals surface area contributed by atoms with Gasteiger partial charge in [-0.25, -0.2) is 14.6 Å². The molecule has 0 radical (unpaired) electrons. The smallest absolute Gasteiger partial charge is 0.358 e. The average Bonchev–Trinajstić information content (AvgIpc) is 2.90. The van der Waals surface area contributed by atoms with E-state index in [2.05, 4.69) is 16.3 Å². The molecule has 20 heavy (non-hydrogen) atoms. The van der Waals surface area contributed by atoms with E-state index in [1.54, 1.807) is 17.7 Å². The summed E-state index contributed by atoms with van der Waals surface area (Å²) in [7, 11) is 1.30. The number of methoxy groups -OCH3 is 1. The predicted molar refractivity (Wildman–Crippen MR) is 70.2 cm³/mol. The van der Waals surface area contributed by atoms with Crippen LogP contribution in [0.1, 0.15) is 17.4 Å². The summed E-state index contributed by atoms with van der Waals surface area (Å²) >= 11 is 0. The molecule has 0 atom stereocenters. The van der Waals surface area contributed by atoms with Crippen molar-refractivity contribution in [3.05, 3.63) is 30.4 Å². The number of aromatic nitrogens is 2. The van der Waals surface area contributed by atoms with Gasteiger partial charge in [-0.05, 0) is 6.92 Å². The predicted octanol–water partition coefficient (Wildman–Crippen LogP) is 0.806. The van der Waals surface area contributed by atoms with Crippen molar-refractivity contribution >= 4 is 11.9 Å². The fraction of sp³-hybridized carbons (Fsp3) is 0.462. The number of carbonyl (C=O) groups excluding carboxylic acids is 2. The van der Waals surface area contributed by atoms with Crippen LogP contribution in [0.15, 0.2) is 24.7 Å². The lowest BCUT2D eigenvalue weighted by atomic mass is 10.4. The van der Waals surface area contributed by atoms with Gasteiger partial charge in [-0.15, -0.1) is 0 Å². The molecular weight excluding hydrogens is 264 g/mol. The topological polar surface area (TPSA) is 79.7 Å². The summed E-state index contributed by atoms with van der Waals surface area (Å²) in [6, 6.07) is 0. The fourth-order valence-electron chi connectivity index (χ4n) is 1.28. The van der Waals surface area contributed by atoms with Gasteiger partial charge < -0.3 is 18.8 Å². The third-order valence-corrected chi connectivity index (χ3v) is 2.33. The summed E-state index contributed by atoms with van der Waals surface area (Å²) in [5.74, 6) is -0.901. The van der Waals surface area contributed by atoms with Crippen molar-refractivity contribution in [2.75, 3.05) is 26.9 Å². The molecule has 0 saturated heterocycles. The first-order valence-corrected chi connectivity index (χ1v) is 6.05. The number of carbonyl (C=O) groups is 2. The largest absolute Gasteiger partial charge is 0.464 e. The normalized spacial score (nSPS) is 10.1. The minimum Gasteiger partial charge on any atom is -0.464 e. The van der Waals surface area contributed by atoms with E-state index >= 15 is 0 Å². The van der Waals surface area contributed by atoms with E-state index in [0.29, 0.717) is 25.3 Å². The Bertz CT molecular complexity index is 481. The van der Waals surface area contributed by atoms with Crippen LogP contribution in [0.3, 0.4) is 0 Å². The SMILES string of the molecule is C=C(C)C(=O)OCCOCCn1cnc(C(=O)OC)c1. The van der Waals surface area contributed by atoms with Crippen LogP contribution in [0.4, 0.5) is 0 Å². The van der Waals surface area contributed by atoms with Crippen molar-refractivity contribution in [3.8, 4) is 0 Å². The van der Waals surface area contributed by atoms with E-state index in [4.69, 9.17) is 9.47 Å². The summed E-state index contributed by atoms with van der Waals surface area (Å²) in [4.78, 5) is 26.1. The molecule has 0 aliphatic carbocycles. The van der Waals surface area contributed by atoms with E-state index in [1.807, 2.05) is 0 Å². The zero-order valence-corrected chi connectivity index (χ0v) is 11.6. The van der Waals surface area contributed by atoms with Gasteiger partial charge in [0.25, 0.3) is 0 Å². The number of ether oxygens (including phenoxy) is 3. The summed E-state index contributed by atoms with van der Waals surface area (Å²) in [6.07, 6.45) is 3.10. The third-order valence-electron chi connectivity index (χ3n) is 2.33. The van der Waals surface area contributed by atoms with Crippen LogP contribution >= 0.6 is 0 Å². The Hall–Kier alpha value is -2.15. The second-order valence-corrected chi connectivity index (χ2v) is 4.02. The molecule has 1 rings (SSSR count). The lowest BCUT2D eigenvalue weighted by molar-refractivity contribution is -0.140. The van der Waals surface area contributed by atoms with Crippen molar-refractivity contribution in [2.45, 2.75) is 13.5 Å². The molecule has 7 heteroatoms. The molecule has 0 amide bonds. The lowest BCUT2D eigenvalue weighted by Gasteiger charge is -2.06. The van der Waals surface area contributed by atoms with Gasteiger partial charge in [-0.3, -0.25) is 0 Å². The highest BCUT2D eigenvalue weighted by atomic mass is 16.6. The maximum Gasteiger partial charge on any atom is 0.358 e. The first kappa shape index (κ1) is 15.9. The molecule has 0 unspecified atom stereocenters. The molecule has 0 fully saturated rings. The van der Waals surface area contributed by atoms with Gasteiger partial charge in [0.15, 0.2) is 5.69 Å². The minimum absolute atomic E-state index is 0.184. The van der Waals surface area contributed by atoms with Crippen LogP contribution in [0.25, 0.3) is 0 Å². The van der Waals surface area contributed by atoms with Gasteiger partial charge >= 0.3 is 11.9 Å². The number of hydrogen-bond acceptors (Lipinski definition) is 6. The molecule has 1 aromatic heterocycles. The Morgan fingerprint density at radius 1 is 1.35 bits per heavy atom. The van der Waals surface area contributed by atoms with Crippen molar-refractivity contribution in [1.82, 2.24) is 9.55 Å². The number of hydrogen-bond donors (Lipinski definition) is 0. The minimum atomic E-state index is -0.476. The average molecular weight is 282 g/mol. The van der Waals surface area contributed by atoms with Gasteiger partial charge in [0.1, 0.15) is 6.61 Å². The highest BCUT2D eigenvalue weighted by molar-refractivity contribution is 5.87. The molecule has 0 N–H and O–H groups in total. The molecule has 0 saturated carbocycles. The maximum absolute atomic E-state index is 11.2. The molecule has 0 aliphatic heterocycles. The maximum atomic E-state index is 11.2. The van der Waals surface area contributed by atoms with Crippen LogP contribution in [0.2, 0.25) is 0 Å². The van der Waals surface area contributed by atoms with Gasteiger partial charge in [0, 0.05) is 18.3 Å². The van der Waals surface area contributed by atoms with Crippen LogP contribution in [0.5, 0.6) is 0 Å². The Kier molecular flexibility index (Phi) is 6.45. The van der Waals surface area contributed by atoms with E-state index in [-0.39, 0.29) is 12.3 Å². The molecule has 0 aromatic carbocycles. The molecular formula is C13H18N2O5. The van der Waals surface area contributed by atoms with Crippen molar-refractivity contribution in [2.24, 2.45) is 0 Å². The van der Waals surface area contributed by atoms with Crippen LogP contribution in [-0.2, 0) is 25.5 Å². The van der Waals surface area contributed by atoms with Gasteiger partial charge in [0.2, 0.25) is 0 Å². The van der Waals surface area contributed by atoms with E-state index < -0.39 is 11.9 Å². The zero-order valence-electron chi connectivity index (χ0n) is 11.6. The molecule has 0 spiro atoms. The summed E-state index contributed by atoms with van der Waals surface area (Å²) in [5, 5.41) is 0. The molecule has 110 valence electrons. The second-order valence-electron chi connectivity index (χ2n) is 4.02. The monoisotopic (exact) mass is 282 g/mol. The Morgan fingerprint density at radius 2 is 2.10 bits per heavy atom. The van der Waals surface area contributed by atoms with Gasteiger partial charge in [0.05, 0.1) is 26.7 Å². The number of rotatable bonds is 8. The second kappa shape index (κ2) is 8.11. The fourth-order valence-corrected chi connectivity index (χ4v) is 1.28. The summed E-state index contributed by atoms with van der Waals surface area (Å²) in [5.41, 5.74) is 0.613. The van der Waals surface area contributed by atoms with Crippen molar-refractivity contribution in [3.63, 3.8) is 0 Å². The third kappa shape index (κ3) is 5.23. The van der Waals surface area contributed by atoms with Gasteiger partial charge in [-0.2, -0.15) is 0 Å². The quantitative estimate of drug-likeness (QED) is 0.399. The number of imidazole rings is 1. The lowest BCUT2D eigenvalue weighted by Crippen LogP contribution is -2.13. The number of nitrogens with zero attached hydrogens (tertiary/aromatic N) is 2. The Morgan fingerprint density at radius 3 is 2.75 bits per heavy atom. The van der Waals surface area contributed by atoms with E-state index in [9.17, 15) is 9.59 Å². The molecule has 0 bridgehead atoms. The van der Waals surface area contributed by atoms with Crippen molar-refractivity contribution < 1.29 is 23.8 Å². The highest BCUT2D eigenvalue weighted by Crippen LogP contribution is 1.98. The number of esters is 2. The Balaban J connectivity index is 2.15. The van der Waals surface area contributed by atoms with Crippen molar-refractivity contribution in [1.29, 1.82) is 0 Å². The standard InChI is InChI=1S/C13H18N2O5/c1-10(2)12(16)20-7-6-19-5-4-15-8-11(14-9-15)13(17)18-3/h8-9H,1,4-7H2,2-3H3. The molecule has 0 aliphatic rings. The van der Waals surface area contributed by atoms with Crippen LogP contribution < -0.4 is 0 Å². The molecule has 1 aromatic rings. The first-order chi connectivity index (χ1) is 9.54. The zero-order chi connectivity index (χ0) is 15.0. The first-order valence-electron chi connectivity index (χ1n) is 6.05. The molecule has 1 heterocycles. The Labute approximate surface area is 117 Å². The molecule has 7 nitrogen and oxygen atoms in total. The summed E-state index contributed by atoms with van der Waals surface area (Å²) < 4.78 is 16.4.